The van der Waals surface area contributed by atoms with E-state index in [2.05, 4.69) is 32.8 Å². The van der Waals surface area contributed by atoms with Crippen LogP contribution in [0.4, 0.5) is 5.69 Å². The van der Waals surface area contributed by atoms with Crippen molar-refractivity contribution >= 4 is 40.1 Å². The third kappa shape index (κ3) is 4.46. The van der Waals surface area contributed by atoms with Crippen molar-refractivity contribution in [3.05, 3.63) is 57.7 Å². The monoisotopic (exact) mass is 465 g/mol. The van der Waals surface area contributed by atoms with Gasteiger partial charge in [-0.15, -0.1) is 0 Å². The SMILES string of the molecule is O=C(NCC(=O)N1CCN(c2cccc(O)c2)CC1)c1ccccc1I. The van der Waals surface area contributed by atoms with Gasteiger partial charge in [-0.05, 0) is 46.9 Å². The number of phenols is 1. The normalized spacial score (nSPS) is 14.2. The van der Waals surface area contributed by atoms with E-state index >= 15 is 0 Å². The molecule has 1 aliphatic heterocycles. The van der Waals surface area contributed by atoms with Crippen molar-refractivity contribution in [1.29, 1.82) is 0 Å². The zero-order chi connectivity index (χ0) is 18.5. The van der Waals surface area contributed by atoms with Gasteiger partial charge >= 0.3 is 0 Å². The smallest absolute Gasteiger partial charge is 0.252 e. The third-order valence-corrected chi connectivity index (χ3v) is 5.29. The van der Waals surface area contributed by atoms with Crippen LogP contribution in [0.3, 0.4) is 0 Å². The quantitative estimate of drug-likeness (QED) is 0.679. The van der Waals surface area contributed by atoms with Crippen molar-refractivity contribution in [2.45, 2.75) is 0 Å². The van der Waals surface area contributed by atoms with E-state index < -0.39 is 0 Å². The summed E-state index contributed by atoms with van der Waals surface area (Å²) in [5.74, 6) is -0.0825. The summed E-state index contributed by atoms with van der Waals surface area (Å²) in [6, 6.07) is 14.4. The van der Waals surface area contributed by atoms with E-state index in [9.17, 15) is 14.7 Å². The lowest BCUT2D eigenvalue weighted by Crippen LogP contribution is -2.51. The summed E-state index contributed by atoms with van der Waals surface area (Å²) < 4.78 is 0.856. The van der Waals surface area contributed by atoms with E-state index in [-0.39, 0.29) is 24.1 Å². The van der Waals surface area contributed by atoms with Crippen LogP contribution in [-0.2, 0) is 4.79 Å². The number of carbonyl (C=O) groups excluding carboxylic acids is 2. The van der Waals surface area contributed by atoms with Gasteiger partial charge in [-0.2, -0.15) is 0 Å². The Balaban J connectivity index is 1.49. The Labute approximate surface area is 165 Å². The molecule has 1 heterocycles. The van der Waals surface area contributed by atoms with E-state index in [0.29, 0.717) is 31.7 Å². The number of amides is 2. The standard InChI is InChI=1S/C19H20IN3O3/c20-17-7-2-1-6-16(17)19(26)21-13-18(25)23-10-8-22(9-11-23)14-4-3-5-15(24)12-14/h1-7,12,24H,8-11,13H2,(H,21,26). The highest BCUT2D eigenvalue weighted by Gasteiger charge is 2.22. The molecule has 0 spiro atoms. The summed E-state index contributed by atoms with van der Waals surface area (Å²) >= 11 is 2.11. The molecule has 6 nitrogen and oxygen atoms in total. The number of phenolic OH excluding ortho intramolecular Hbond substituents is 1. The van der Waals surface area contributed by atoms with Gasteiger partial charge in [0, 0.05) is 41.5 Å². The van der Waals surface area contributed by atoms with Gasteiger partial charge in [0.25, 0.3) is 5.91 Å². The number of halogens is 1. The summed E-state index contributed by atoms with van der Waals surface area (Å²) in [4.78, 5) is 28.5. The van der Waals surface area contributed by atoms with Crippen LogP contribution >= 0.6 is 22.6 Å². The zero-order valence-electron chi connectivity index (χ0n) is 14.2. The van der Waals surface area contributed by atoms with Crippen molar-refractivity contribution in [2.75, 3.05) is 37.6 Å². The predicted molar refractivity (Wildman–Crippen MR) is 108 cm³/mol. The number of hydrogen-bond donors (Lipinski definition) is 2. The molecule has 2 N–H and O–H groups in total. The molecule has 26 heavy (non-hydrogen) atoms. The second-order valence-corrected chi connectivity index (χ2v) is 7.21. The highest BCUT2D eigenvalue weighted by molar-refractivity contribution is 14.1. The number of rotatable bonds is 4. The molecule has 3 rings (SSSR count). The Hall–Kier alpha value is -2.29. The maximum absolute atomic E-state index is 12.4. The number of anilines is 1. The molecule has 2 amide bonds. The van der Waals surface area contributed by atoms with Gasteiger partial charge < -0.3 is 20.2 Å². The highest BCUT2D eigenvalue weighted by Crippen LogP contribution is 2.21. The predicted octanol–water partition coefficient (Wildman–Crippen LogP) is 2.08. The number of nitrogens with one attached hydrogen (secondary N) is 1. The Bertz CT molecular complexity index is 804. The van der Waals surface area contributed by atoms with Crippen molar-refractivity contribution in [3.63, 3.8) is 0 Å². The molecule has 0 saturated carbocycles. The minimum absolute atomic E-state index is 0.00403. The first kappa shape index (κ1) is 18.5. The molecule has 7 heteroatoms. The van der Waals surface area contributed by atoms with Crippen molar-refractivity contribution in [1.82, 2.24) is 10.2 Å². The van der Waals surface area contributed by atoms with E-state index in [4.69, 9.17) is 0 Å². The van der Waals surface area contributed by atoms with Crippen LogP contribution in [0.25, 0.3) is 0 Å². The maximum atomic E-state index is 12.4. The largest absolute Gasteiger partial charge is 0.508 e. The molecule has 0 radical (unpaired) electrons. The van der Waals surface area contributed by atoms with Crippen molar-refractivity contribution < 1.29 is 14.7 Å². The topological polar surface area (TPSA) is 72.9 Å². The number of aromatic hydroxyl groups is 1. The molecule has 0 unspecified atom stereocenters. The minimum atomic E-state index is -0.234. The van der Waals surface area contributed by atoms with Crippen LogP contribution in [0.15, 0.2) is 48.5 Å². The molecule has 1 fully saturated rings. The average molecular weight is 465 g/mol. The van der Waals surface area contributed by atoms with Gasteiger partial charge in [0.1, 0.15) is 5.75 Å². The van der Waals surface area contributed by atoms with Crippen LogP contribution in [0.2, 0.25) is 0 Å². The van der Waals surface area contributed by atoms with Gasteiger partial charge in [-0.1, -0.05) is 18.2 Å². The lowest BCUT2D eigenvalue weighted by Gasteiger charge is -2.36. The summed E-state index contributed by atoms with van der Waals surface area (Å²) in [7, 11) is 0. The summed E-state index contributed by atoms with van der Waals surface area (Å²) in [6.45, 7) is 2.57. The molecular formula is C19H20IN3O3. The molecule has 0 aromatic heterocycles. The van der Waals surface area contributed by atoms with E-state index in [1.54, 1.807) is 29.2 Å². The molecule has 2 aromatic carbocycles. The number of piperazine rings is 1. The second kappa shape index (κ2) is 8.39. The van der Waals surface area contributed by atoms with Crippen molar-refractivity contribution in [2.24, 2.45) is 0 Å². The highest BCUT2D eigenvalue weighted by atomic mass is 127. The Morgan fingerprint density at radius 3 is 2.46 bits per heavy atom. The van der Waals surface area contributed by atoms with Crippen LogP contribution in [-0.4, -0.2) is 54.5 Å². The Kier molecular flexibility index (Phi) is 5.97. The summed E-state index contributed by atoms with van der Waals surface area (Å²) in [5.41, 5.74) is 1.53. The van der Waals surface area contributed by atoms with Crippen LogP contribution in [0.1, 0.15) is 10.4 Å². The van der Waals surface area contributed by atoms with Gasteiger partial charge in [0.15, 0.2) is 0 Å². The fraction of sp³-hybridized carbons (Fsp3) is 0.263. The summed E-state index contributed by atoms with van der Waals surface area (Å²) in [6.07, 6.45) is 0. The summed E-state index contributed by atoms with van der Waals surface area (Å²) in [5, 5.41) is 12.3. The fourth-order valence-corrected chi connectivity index (χ4v) is 3.54. The molecular weight excluding hydrogens is 445 g/mol. The molecule has 1 aliphatic rings. The number of carbonyl (C=O) groups is 2. The molecule has 0 aliphatic carbocycles. The number of hydrogen-bond acceptors (Lipinski definition) is 4. The first-order valence-electron chi connectivity index (χ1n) is 8.39. The van der Waals surface area contributed by atoms with Gasteiger partial charge in [0.2, 0.25) is 5.91 Å². The van der Waals surface area contributed by atoms with Crippen LogP contribution in [0, 0.1) is 3.57 Å². The van der Waals surface area contributed by atoms with Gasteiger partial charge in [-0.25, -0.2) is 0 Å². The van der Waals surface area contributed by atoms with Crippen LogP contribution < -0.4 is 10.2 Å². The molecule has 0 atom stereocenters. The lowest BCUT2D eigenvalue weighted by molar-refractivity contribution is -0.130. The molecule has 0 bridgehead atoms. The zero-order valence-corrected chi connectivity index (χ0v) is 16.3. The molecule has 2 aromatic rings. The van der Waals surface area contributed by atoms with Gasteiger partial charge in [-0.3, -0.25) is 9.59 Å². The molecule has 1 saturated heterocycles. The second-order valence-electron chi connectivity index (χ2n) is 6.05. The van der Waals surface area contributed by atoms with E-state index in [1.165, 1.54) is 0 Å². The molecule has 136 valence electrons. The van der Waals surface area contributed by atoms with E-state index in [1.807, 2.05) is 24.3 Å². The Morgan fingerprint density at radius 1 is 1.04 bits per heavy atom. The Morgan fingerprint density at radius 2 is 1.77 bits per heavy atom. The number of benzene rings is 2. The number of nitrogens with zero attached hydrogens (tertiary/aromatic N) is 2. The first-order valence-corrected chi connectivity index (χ1v) is 9.47. The lowest BCUT2D eigenvalue weighted by atomic mass is 10.2. The first-order chi connectivity index (χ1) is 12.5. The minimum Gasteiger partial charge on any atom is -0.508 e. The van der Waals surface area contributed by atoms with Crippen molar-refractivity contribution in [3.8, 4) is 5.75 Å². The van der Waals surface area contributed by atoms with Gasteiger partial charge in [0.05, 0.1) is 12.1 Å². The third-order valence-electron chi connectivity index (χ3n) is 4.35. The fourth-order valence-electron chi connectivity index (χ4n) is 2.91. The van der Waals surface area contributed by atoms with E-state index in [0.717, 1.165) is 9.26 Å². The maximum Gasteiger partial charge on any atom is 0.252 e. The van der Waals surface area contributed by atoms with Crippen LogP contribution in [0.5, 0.6) is 5.75 Å². The average Bonchev–Trinajstić information content (AvgIpc) is 2.66.